The Kier molecular flexibility index (Phi) is 8.55. The van der Waals surface area contributed by atoms with Crippen molar-refractivity contribution in [3.8, 4) is 22.4 Å². The minimum Gasteiger partial charge on any atom is -0.465 e. The summed E-state index contributed by atoms with van der Waals surface area (Å²) in [5.74, 6) is 0.317. The normalized spacial score (nSPS) is 24.8. The Morgan fingerprint density at radius 3 is 2.21 bits per heavy atom. The molecule has 1 heterocycles. The summed E-state index contributed by atoms with van der Waals surface area (Å²) >= 11 is 0. The van der Waals surface area contributed by atoms with E-state index in [1.807, 2.05) is 72.6 Å². The monoisotopic (exact) mass is 584 g/mol. The predicted octanol–water partition coefficient (Wildman–Crippen LogP) is 5.79. The Hall–Kier alpha value is -4.24. The molecule has 3 aromatic rings. The van der Waals surface area contributed by atoms with Gasteiger partial charge in [0, 0.05) is 50.4 Å². The highest BCUT2D eigenvalue weighted by molar-refractivity contribution is 5.93. The molecule has 3 amide bonds. The molecule has 5 rings (SSSR count). The van der Waals surface area contributed by atoms with Crippen LogP contribution < -0.4 is 10.6 Å². The molecule has 2 aromatic carbocycles. The number of anilines is 1. The average molecular weight is 585 g/mol. The van der Waals surface area contributed by atoms with E-state index in [2.05, 4.69) is 10.6 Å². The van der Waals surface area contributed by atoms with E-state index in [9.17, 15) is 24.6 Å². The number of amides is 3. The van der Waals surface area contributed by atoms with Crippen LogP contribution in [0.3, 0.4) is 0 Å². The highest BCUT2D eigenvalue weighted by Crippen LogP contribution is 2.48. The van der Waals surface area contributed by atoms with Crippen LogP contribution in [0.15, 0.2) is 66.9 Å². The number of nitrogens with zero attached hydrogens (tertiary/aromatic N) is 2. The minimum atomic E-state index is -1.13. The van der Waals surface area contributed by atoms with Crippen molar-refractivity contribution in [2.45, 2.75) is 76.0 Å². The number of aromatic nitrogens is 1. The Balaban J connectivity index is 1.33. The Morgan fingerprint density at radius 1 is 0.977 bits per heavy atom. The maximum Gasteiger partial charge on any atom is 0.405 e. The molecule has 2 fully saturated rings. The number of hydrogen-bond donors (Lipinski definition) is 4. The van der Waals surface area contributed by atoms with Crippen molar-refractivity contribution in [2.75, 3.05) is 12.4 Å². The van der Waals surface area contributed by atoms with Crippen molar-refractivity contribution >= 4 is 23.6 Å². The predicted molar refractivity (Wildman–Crippen MR) is 165 cm³/mol. The largest absolute Gasteiger partial charge is 0.465 e. The summed E-state index contributed by atoms with van der Waals surface area (Å²) in [6.45, 7) is 3.30. The number of aliphatic hydroxyl groups is 1. The van der Waals surface area contributed by atoms with E-state index >= 15 is 0 Å². The summed E-state index contributed by atoms with van der Waals surface area (Å²) in [5.41, 5.74) is 3.07. The zero-order valence-electron chi connectivity index (χ0n) is 25.0. The fourth-order valence-electron chi connectivity index (χ4n) is 6.83. The van der Waals surface area contributed by atoms with Gasteiger partial charge in [-0.3, -0.25) is 14.6 Å². The smallest absolute Gasteiger partial charge is 0.405 e. The fourth-order valence-corrected chi connectivity index (χ4v) is 6.83. The summed E-state index contributed by atoms with van der Waals surface area (Å²) in [7, 11) is 1.85. The van der Waals surface area contributed by atoms with Gasteiger partial charge < -0.3 is 25.7 Å². The molecule has 1 aromatic heterocycles. The summed E-state index contributed by atoms with van der Waals surface area (Å²) in [6.07, 6.45) is 5.22. The van der Waals surface area contributed by atoms with Crippen LogP contribution in [-0.4, -0.2) is 56.7 Å². The van der Waals surface area contributed by atoms with Gasteiger partial charge in [0.15, 0.2) is 0 Å². The number of carboxylic acid groups (broad SMARTS) is 1. The maximum absolute atomic E-state index is 13.0. The third kappa shape index (κ3) is 6.88. The van der Waals surface area contributed by atoms with Crippen LogP contribution in [-0.2, 0) is 15.1 Å². The van der Waals surface area contributed by atoms with Crippen LogP contribution in [0, 0.1) is 5.92 Å². The molecule has 2 aliphatic rings. The van der Waals surface area contributed by atoms with E-state index in [0.717, 1.165) is 53.6 Å². The van der Waals surface area contributed by atoms with E-state index in [1.54, 1.807) is 20.0 Å². The topological polar surface area (TPSA) is 132 Å². The summed E-state index contributed by atoms with van der Waals surface area (Å²) < 4.78 is 0. The second-order valence-corrected chi connectivity index (χ2v) is 12.5. The number of benzene rings is 2. The lowest BCUT2D eigenvalue weighted by atomic mass is 9.62. The molecular formula is C34H40N4O5. The number of nitrogens with one attached hydrogen (secondary N) is 2. The van der Waals surface area contributed by atoms with Gasteiger partial charge in [0.1, 0.15) is 0 Å². The van der Waals surface area contributed by atoms with Crippen molar-refractivity contribution in [1.82, 2.24) is 15.2 Å². The van der Waals surface area contributed by atoms with E-state index in [4.69, 9.17) is 4.98 Å². The summed E-state index contributed by atoms with van der Waals surface area (Å²) in [6, 6.07) is 19.7. The fraction of sp³-hybridized carbons (Fsp3) is 0.412. The van der Waals surface area contributed by atoms with Gasteiger partial charge in [-0.15, -0.1) is 0 Å². The van der Waals surface area contributed by atoms with Crippen LogP contribution in [0.1, 0.15) is 64.4 Å². The summed E-state index contributed by atoms with van der Waals surface area (Å²) in [5, 5.41) is 25.4. The van der Waals surface area contributed by atoms with Gasteiger partial charge >= 0.3 is 6.09 Å². The Morgan fingerprint density at radius 2 is 1.63 bits per heavy atom. The number of hydrogen-bond acceptors (Lipinski definition) is 5. The lowest BCUT2D eigenvalue weighted by Gasteiger charge is -2.51. The lowest BCUT2D eigenvalue weighted by molar-refractivity contribution is -0.130. The van der Waals surface area contributed by atoms with Crippen LogP contribution in [0.4, 0.5) is 10.5 Å². The molecule has 2 aliphatic carbocycles. The van der Waals surface area contributed by atoms with Gasteiger partial charge in [-0.1, -0.05) is 54.6 Å². The molecule has 9 nitrogen and oxygen atoms in total. The maximum atomic E-state index is 13.0. The first-order valence-electron chi connectivity index (χ1n) is 14.9. The zero-order chi connectivity index (χ0) is 30.8. The van der Waals surface area contributed by atoms with Crippen molar-refractivity contribution < 1.29 is 24.6 Å². The molecular weight excluding hydrogens is 544 g/mol. The molecule has 2 saturated carbocycles. The van der Waals surface area contributed by atoms with Gasteiger partial charge in [-0.25, -0.2) is 4.79 Å². The van der Waals surface area contributed by atoms with Gasteiger partial charge in [-0.2, -0.15) is 0 Å². The molecule has 9 heteroatoms. The van der Waals surface area contributed by atoms with E-state index in [0.29, 0.717) is 24.9 Å². The molecule has 0 bridgehead atoms. The SMILES string of the molecule is CC(=O)N(C)[C@H]1CC[C@H](CC(=O)Nc2cnc(-c3ccc([C@]4(NC(=O)O)C[C@](C)(O)C4)cc3)c(-c3ccccc3)c2)CC1. The number of rotatable bonds is 8. The standard InChI is InChI=1S/C34H40N4O5/c1-22(39)38(3)28-15-9-23(10-16-28)17-30(40)36-27-18-29(24-7-5-4-6-8-24)31(35-19-27)25-11-13-26(14-12-25)34(37-32(41)42)20-33(2,43)21-34/h4-8,11-14,18-19,23,28,37,43H,9-10,15-17,20-21H2,1-3H3,(H,36,40)(H,41,42)/t23-,28-,33-,34-. The molecule has 0 saturated heterocycles. The van der Waals surface area contributed by atoms with Crippen LogP contribution in [0.25, 0.3) is 22.4 Å². The third-order valence-electron chi connectivity index (χ3n) is 9.01. The number of carbonyl (C=O) groups is 3. The van der Waals surface area contributed by atoms with E-state index < -0.39 is 17.2 Å². The second kappa shape index (κ2) is 12.2. The van der Waals surface area contributed by atoms with Crippen LogP contribution in [0.5, 0.6) is 0 Å². The van der Waals surface area contributed by atoms with Crippen molar-refractivity contribution in [3.05, 3.63) is 72.4 Å². The molecule has 226 valence electrons. The first kappa shape index (κ1) is 30.2. The van der Waals surface area contributed by atoms with Crippen molar-refractivity contribution in [3.63, 3.8) is 0 Å². The molecule has 0 spiro atoms. The summed E-state index contributed by atoms with van der Waals surface area (Å²) in [4.78, 5) is 42.8. The van der Waals surface area contributed by atoms with Crippen molar-refractivity contribution in [2.24, 2.45) is 5.92 Å². The molecule has 4 N–H and O–H groups in total. The van der Waals surface area contributed by atoms with Gasteiger partial charge in [0.05, 0.1) is 28.7 Å². The first-order valence-corrected chi connectivity index (χ1v) is 14.9. The number of carbonyl (C=O) groups excluding carboxylic acids is 2. The second-order valence-electron chi connectivity index (χ2n) is 12.5. The quantitative estimate of drug-likeness (QED) is 0.265. The third-order valence-corrected chi connectivity index (χ3v) is 9.01. The van der Waals surface area contributed by atoms with Crippen LogP contribution >= 0.6 is 0 Å². The Labute approximate surface area is 252 Å². The number of pyridine rings is 1. The molecule has 0 atom stereocenters. The van der Waals surface area contributed by atoms with Crippen molar-refractivity contribution in [1.29, 1.82) is 0 Å². The first-order chi connectivity index (χ1) is 20.4. The minimum absolute atomic E-state index is 0.0473. The highest BCUT2D eigenvalue weighted by atomic mass is 16.4. The Bertz CT molecular complexity index is 1470. The molecule has 0 unspecified atom stereocenters. The van der Waals surface area contributed by atoms with Gasteiger partial charge in [-0.05, 0) is 55.7 Å². The van der Waals surface area contributed by atoms with Gasteiger partial charge in [0.2, 0.25) is 11.8 Å². The molecule has 0 radical (unpaired) electrons. The van der Waals surface area contributed by atoms with Crippen LogP contribution in [0.2, 0.25) is 0 Å². The van der Waals surface area contributed by atoms with E-state index in [-0.39, 0.29) is 23.8 Å². The molecule has 0 aliphatic heterocycles. The average Bonchev–Trinajstić information content (AvgIpc) is 2.96. The lowest BCUT2D eigenvalue weighted by Crippen LogP contribution is -2.61. The van der Waals surface area contributed by atoms with Gasteiger partial charge in [0.25, 0.3) is 0 Å². The molecule has 43 heavy (non-hydrogen) atoms. The highest BCUT2D eigenvalue weighted by Gasteiger charge is 2.53. The zero-order valence-corrected chi connectivity index (χ0v) is 25.0. The van der Waals surface area contributed by atoms with E-state index in [1.165, 1.54) is 0 Å².